The van der Waals surface area contributed by atoms with Crippen LogP contribution in [0.15, 0.2) is 28.7 Å². The largest absolute Gasteiger partial charge is 0.126 e. The van der Waals surface area contributed by atoms with E-state index in [1.807, 2.05) is 0 Å². The topological polar surface area (TPSA) is 0 Å². The van der Waals surface area contributed by atoms with Crippen molar-refractivity contribution in [2.45, 2.75) is 46.5 Å². The Bertz CT molecular complexity index is 354. The average Bonchev–Trinajstić information content (AvgIpc) is 2.29. The zero-order valence-electron chi connectivity index (χ0n) is 11.7. The molecule has 0 N–H and O–H groups in total. The van der Waals surface area contributed by atoms with E-state index in [2.05, 4.69) is 61.0 Å². The number of halogens is 2. The summed E-state index contributed by atoms with van der Waals surface area (Å²) in [4.78, 5) is 0. The van der Waals surface area contributed by atoms with Gasteiger partial charge in [0.15, 0.2) is 0 Å². The van der Waals surface area contributed by atoms with Gasteiger partial charge in [-0.05, 0) is 42.2 Å². The van der Waals surface area contributed by atoms with Crippen molar-refractivity contribution in [2.24, 2.45) is 11.3 Å². The predicted octanol–water partition coefficient (Wildman–Crippen LogP) is 6.06. The third-order valence-corrected chi connectivity index (χ3v) is 4.43. The van der Waals surface area contributed by atoms with Crippen LogP contribution in [0.1, 0.15) is 45.6 Å². The van der Waals surface area contributed by atoms with Gasteiger partial charge >= 0.3 is 0 Å². The zero-order chi connectivity index (χ0) is 13.6. The minimum absolute atomic E-state index is 0.435. The van der Waals surface area contributed by atoms with Crippen molar-refractivity contribution in [2.75, 3.05) is 5.88 Å². The highest BCUT2D eigenvalue weighted by atomic mass is 79.9. The lowest BCUT2D eigenvalue weighted by Crippen LogP contribution is -2.10. The Kier molecular flexibility index (Phi) is 6.73. The van der Waals surface area contributed by atoms with Gasteiger partial charge in [0.1, 0.15) is 0 Å². The Morgan fingerprint density at radius 1 is 1.22 bits per heavy atom. The van der Waals surface area contributed by atoms with Crippen LogP contribution in [0.2, 0.25) is 0 Å². The number of rotatable bonds is 6. The second kappa shape index (κ2) is 7.55. The quantitative estimate of drug-likeness (QED) is 0.555. The van der Waals surface area contributed by atoms with Crippen molar-refractivity contribution < 1.29 is 0 Å². The molecule has 0 aliphatic rings. The first-order valence-corrected chi connectivity index (χ1v) is 8.04. The van der Waals surface area contributed by atoms with Gasteiger partial charge in [0.2, 0.25) is 0 Å². The minimum Gasteiger partial charge on any atom is -0.126 e. The fourth-order valence-electron chi connectivity index (χ4n) is 2.13. The molecule has 0 saturated carbocycles. The van der Waals surface area contributed by atoms with Gasteiger partial charge < -0.3 is 0 Å². The van der Waals surface area contributed by atoms with Crippen LogP contribution in [-0.4, -0.2) is 5.88 Å². The van der Waals surface area contributed by atoms with Crippen molar-refractivity contribution in [1.82, 2.24) is 0 Å². The number of hydrogen-bond acceptors (Lipinski definition) is 0. The van der Waals surface area contributed by atoms with Gasteiger partial charge in [-0.3, -0.25) is 0 Å². The smallest absolute Gasteiger partial charge is 0.0254 e. The number of alkyl halides is 1. The second-order valence-corrected chi connectivity index (χ2v) is 7.43. The van der Waals surface area contributed by atoms with Gasteiger partial charge in [-0.1, -0.05) is 61.3 Å². The van der Waals surface area contributed by atoms with E-state index in [1.165, 1.54) is 29.3 Å². The maximum Gasteiger partial charge on any atom is 0.0254 e. The fraction of sp³-hybridized carbons (Fsp3) is 0.625. The van der Waals surface area contributed by atoms with Crippen molar-refractivity contribution in [3.63, 3.8) is 0 Å². The average molecular weight is 332 g/mol. The van der Waals surface area contributed by atoms with Gasteiger partial charge in [0, 0.05) is 10.4 Å². The number of benzene rings is 1. The third-order valence-electron chi connectivity index (χ3n) is 3.22. The van der Waals surface area contributed by atoms with Gasteiger partial charge in [0.05, 0.1) is 0 Å². The second-order valence-electron chi connectivity index (χ2n) is 6.27. The van der Waals surface area contributed by atoms with Crippen LogP contribution in [0.3, 0.4) is 0 Å². The van der Waals surface area contributed by atoms with Crippen molar-refractivity contribution in [3.8, 4) is 0 Å². The van der Waals surface area contributed by atoms with Crippen LogP contribution in [0.4, 0.5) is 0 Å². The fourth-order valence-corrected chi connectivity index (χ4v) is 2.84. The van der Waals surface area contributed by atoms with E-state index in [1.54, 1.807) is 0 Å². The van der Waals surface area contributed by atoms with Crippen molar-refractivity contribution in [1.29, 1.82) is 0 Å². The molecule has 0 aliphatic carbocycles. The maximum absolute atomic E-state index is 6.10. The van der Waals surface area contributed by atoms with E-state index < -0.39 is 0 Å². The first kappa shape index (κ1) is 16.0. The maximum atomic E-state index is 6.10. The zero-order valence-corrected chi connectivity index (χ0v) is 14.0. The Hall–Kier alpha value is -0.0100. The van der Waals surface area contributed by atoms with Crippen LogP contribution in [0.25, 0.3) is 0 Å². The Morgan fingerprint density at radius 3 is 2.44 bits per heavy atom. The Labute approximate surface area is 125 Å². The summed E-state index contributed by atoms with van der Waals surface area (Å²) in [5.74, 6) is 1.35. The molecule has 1 aromatic carbocycles. The monoisotopic (exact) mass is 330 g/mol. The molecule has 0 heterocycles. The van der Waals surface area contributed by atoms with E-state index in [-0.39, 0.29) is 0 Å². The van der Waals surface area contributed by atoms with Crippen LogP contribution in [0.5, 0.6) is 0 Å². The molecule has 1 rings (SSSR count). The lowest BCUT2D eigenvalue weighted by molar-refractivity contribution is 0.343. The summed E-state index contributed by atoms with van der Waals surface area (Å²) in [6.07, 6.45) is 4.85. The van der Waals surface area contributed by atoms with Gasteiger partial charge in [-0.25, -0.2) is 0 Å². The van der Waals surface area contributed by atoms with Crippen LogP contribution in [-0.2, 0) is 6.42 Å². The molecule has 1 atom stereocenters. The predicted molar refractivity (Wildman–Crippen MR) is 85.4 cm³/mol. The molecule has 0 spiro atoms. The minimum atomic E-state index is 0.435. The van der Waals surface area contributed by atoms with E-state index >= 15 is 0 Å². The molecule has 18 heavy (non-hydrogen) atoms. The summed E-state index contributed by atoms with van der Waals surface area (Å²) in [7, 11) is 0. The van der Waals surface area contributed by atoms with Gasteiger partial charge in [-0.2, -0.15) is 0 Å². The molecule has 0 nitrogen and oxygen atoms in total. The molecule has 1 unspecified atom stereocenters. The molecule has 2 heteroatoms. The van der Waals surface area contributed by atoms with E-state index in [0.717, 1.165) is 12.3 Å². The SMILES string of the molecule is CC(C)(C)CCCC(CCl)Cc1ccccc1Br. The summed E-state index contributed by atoms with van der Waals surface area (Å²) in [5.41, 5.74) is 1.81. The molecule has 0 bridgehead atoms. The molecular formula is C16H24BrCl. The van der Waals surface area contributed by atoms with Gasteiger partial charge in [-0.15, -0.1) is 11.6 Å². The highest BCUT2D eigenvalue weighted by molar-refractivity contribution is 9.10. The van der Waals surface area contributed by atoms with Crippen LogP contribution >= 0.6 is 27.5 Å². The van der Waals surface area contributed by atoms with E-state index in [0.29, 0.717) is 11.3 Å². The van der Waals surface area contributed by atoms with Crippen molar-refractivity contribution in [3.05, 3.63) is 34.3 Å². The van der Waals surface area contributed by atoms with E-state index in [4.69, 9.17) is 11.6 Å². The lowest BCUT2D eigenvalue weighted by atomic mass is 9.87. The standard InChI is InChI=1S/C16H24BrCl/c1-16(2,3)10-6-7-13(12-18)11-14-8-4-5-9-15(14)17/h4-5,8-9,13H,6-7,10-12H2,1-3H3. The molecule has 1 aromatic rings. The van der Waals surface area contributed by atoms with Crippen LogP contribution < -0.4 is 0 Å². The normalized spacial score (nSPS) is 13.6. The molecule has 0 saturated heterocycles. The summed E-state index contributed by atoms with van der Waals surface area (Å²) in [6, 6.07) is 8.45. The Morgan fingerprint density at radius 2 is 1.89 bits per heavy atom. The first-order chi connectivity index (χ1) is 8.42. The van der Waals surface area contributed by atoms with Gasteiger partial charge in [0.25, 0.3) is 0 Å². The summed E-state index contributed by atoms with van der Waals surface area (Å²) in [5, 5.41) is 0. The highest BCUT2D eigenvalue weighted by Gasteiger charge is 2.14. The van der Waals surface area contributed by atoms with Crippen molar-refractivity contribution >= 4 is 27.5 Å². The molecule has 0 fully saturated rings. The summed E-state index contributed by atoms with van der Waals surface area (Å²) < 4.78 is 1.20. The molecule has 0 amide bonds. The molecule has 0 aliphatic heterocycles. The molecule has 0 aromatic heterocycles. The Balaban J connectivity index is 2.45. The highest BCUT2D eigenvalue weighted by Crippen LogP contribution is 2.26. The summed E-state index contributed by atoms with van der Waals surface area (Å²) in [6.45, 7) is 6.91. The third kappa shape index (κ3) is 6.24. The molecule has 0 radical (unpaired) electrons. The number of hydrogen-bond donors (Lipinski definition) is 0. The van der Waals surface area contributed by atoms with Crippen LogP contribution in [0, 0.1) is 11.3 Å². The van der Waals surface area contributed by atoms with E-state index in [9.17, 15) is 0 Å². The lowest BCUT2D eigenvalue weighted by Gasteiger charge is -2.20. The molecule has 102 valence electrons. The molecular weight excluding hydrogens is 308 g/mol. The first-order valence-electron chi connectivity index (χ1n) is 6.72. The summed E-state index contributed by atoms with van der Waals surface area (Å²) >= 11 is 9.72.